The molecule has 0 spiro atoms. The number of benzene rings is 2. The number of nitrogens with one attached hydrogen (secondary N) is 2. The van der Waals surface area contributed by atoms with E-state index >= 15 is 0 Å². The predicted octanol–water partition coefficient (Wildman–Crippen LogP) is 3.90. The smallest absolute Gasteiger partial charge is 0.238 e. The summed E-state index contributed by atoms with van der Waals surface area (Å²) in [5.74, 6) is 0.357. The van der Waals surface area contributed by atoms with Gasteiger partial charge < -0.3 is 5.32 Å². The van der Waals surface area contributed by atoms with Gasteiger partial charge in [0.1, 0.15) is 6.04 Å². The second-order valence-electron chi connectivity index (χ2n) is 7.60. The lowest BCUT2D eigenvalue weighted by Crippen LogP contribution is -2.48. The van der Waals surface area contributed by atoms with Crippen LogP contribution in [-0.4, -0.2) is 56.9 Å². The van der Waals surface area contributed by atoms with Crippen LogP contribution in [0.1, 0.15) is 37.4 Å². The van der Waals surface area contributed by atoms with E-state index in [1.165, 1.54) is 6.08 Å². The van der Waals surface area contributed by atoms with E-state index in [0.717, 1.165) is 29.6 Å². The maximum atomic E-state index is 13.0. The third-order valence-electron chi connectivity index (χ3n) is 5.38. The van der Waals surface area contributed by atoms with Crippen LogP contribution >= 0.6 is 11.8 Å². The highest BCUT2D eigenvalue weighted by Crippen LogP contribution is 2.19. The quantitative estimate of drug-likeness (QED) is 0.421. The van der Waals surface area contributed by atoms with Crippen molar-refractivity contribution in [1.82, 2.24) is 14.9 Å². The minimum absolute atomic E-state index is 0.0148. The summed E-state index contributed by atoms with van der Waals surface area (Å²) < 4.78 is 27.9. The molecule has 8 heteroatoms. The molecule has 2 unspecified atom stereocenters. The van der Waals surface area contributed by atoms with E-state index in [4.69, 9.17) is 0 Å². The van der Waals surface area contributed by atoms with Crippen molar-refractivity contribution in [2.75, 3.05) is 31.6 Å². The van der Waals surface area contributed by atoms with E-state index < -0.39 is 16.1 Å². The number of nitrogens with zero attached hydrogens (tertiary/aromatic N) is 1. The summed E-state index contributed by atoms with van der Waals surface area (Å²) in [6, 6.07) is 18.4. The zero-order valence-corrected chi connectivity index (χ0v) is 21.2. The predicted molar refractivity (Wildman–Crippen MR) is 139 cm³/mol. The Balaban J connectivity index is 2.11. The Morgan fingerprint density at radius 3 is 2.21 bits per heavy atom. The number of amides is 1. The first-order valence-electron chi connectivity index (χ1n) is 11.2. The van der Waals surface area contributed by atoms with Crippen LogP contribution in [0.3, 0.4) is 0 Å². The molecule has 2 rings (SSSR count). The highest BCUT2D eigenvalue weighted by Gasteiger charge is 2.25. The normalized spacial score (nSPS) is 13.8. The number of thioether (sulfide) groups is 1. The summed E-state index contributed by atoms with van der Waals surface area (Å²) in [5, 5.41) is 4.11. The van der Waals surface area contributed by atoms with Crippen molar-refractivity contribution in [3.63, 3.8) is 0 Å². The van der Waals surface area contributed by atoms with Gasteiger partial charge in [-0.25, -0.2) is 8.42 Å². The highest BCUT2D eigenvalue weighted by molar-refractivity contribution is 7.98. The molecular weight excluding hydrogens is 454 g/mol. The molecule has 6 nitrogen and oxygen atoms in total. The van der Waals surface area contributed by atoms with Gasteiger partial charge >= 0.3 is 0 Å². The monoisotopic (exact) mass is 489 g/mol. The number of carbonyl (C=O) groups is 1. The molecule has 0 bridgehead atoms. The molecule has 2 aromatic rings. The standard InChI is InChI=1S/C25H35N3O3S2/c1-4-28(5-2)24(22-14-10-7-11-15-22)20-26-25(29)23(16-18-32-3)27-33(30,31)19-17-21-12-8-6-9-13-21/h6-15,17,19,23-24,27H,4-5,16,18,20H2,1-3H3,(H,26,29)/b19-17+. The first kappa shape index (κ1) is 27.1. The number of likely N-dealkylation sites (N-methyl/N-ethyl adjacent to an activating group) is 1. The Hall–Kier alpha value is -2.13. The van der Waals surface area contributed by atoms with Gasteiger partial charge in [-0.15, -0.1) is 0 Å². The van der Waals surface area contributed by atoms with Gasteiger partial charge in [0.25, 0.3) is 0 Å². The van der Waals surface area contributed by atoms with Crippen LogP contribution in [0.5, 0.6) is 0 Å². The Bertz CT molecular complexity index is 963. The lowest BCUT2D eigenvalue weighted by Gasteiger charge is -2.31. The van der Waals surface area contributed by atoms with Crippen LogP contribution in [0.25, 0.3) is 6.08 Å². The van der Waals surface area contributed by atoms with Crippen LogP contribution in [0, 0.1) is 0 Å². The first-order valence-corrected chi connectivity index (χ1v) is 14.1. The largest absolute Gasteiger partial charge is 0.353 e. The van der Waals surface area contributed by atoms with Gasteiger partial charge in [0.15, 0.2) is 0 Å². The molecule has 2 N–H and O–H groups in total. The van der Waals surface area contributed by atoms with Crippen LogP contribution in [-0.2, 0) is 14.8 Å². The van der Waals surface area contributed by atoms with Crippen molar-refractivity contribution < 1.29 is 13.2 Å². The van der Waals surface area contributed by atoms with Gasteiger partial charge in [-0.3, -0.25) is 9.69 Å². The van der Waals surface area contributed by atoms with Gasteiger partial charge in [-0.05, 0) is 48.7 Å². The van der Waals surface area contributed by atoms with Crippen LogP contribution in [0.15, 0.2) is 66.1 Å². The van der Waals surface area contributed by atoms with Crippen molar-refractivity contribution in [2.45, 2.75) is 32.4 Å². The van der Waals surface area contributed by atoms with Gasteiger partial charge in [-0.2, -0.15) is 16.5 Å². The Labute approximate surface area is 202 Å². The minimum atomic E-state index is -3.78. The van der Waals surface area contributed by atoms with E-state index in [1.54, 1.807) is 11.8 Å². The molecule has 180 valence electrons. The summed E-state index contributed by atoms with van der Waals surface area (Å²) in [5.41, 5.74) is 1.89. The number of carbonyl (C=O) groups excluding carboxylic acids is 1. The SMILES string of the molecule is CCN(CC)C(CNC(=O)C(CCSC)NS(=O)(=O)/C=C/c1ccccc1)c1ccccc1. The molecule has 0 aliphatic heterocycles. The van der Waals surface area contributed by atoms with Gasteiger partial charge in [0, 0.05) is 12.0 Å². The molecule has 0 aromatic heterocycles. The first-order chi connectivity index (χ1) is 15.9. The van der Waals surface area contributed by atoms with E-state index in [9.17, 15) is 13.2 Å². The fraction of sp³-hybridized carbons (Fsp3) is 0.400. The molecular formula is C25H35N3O3S2. The molecule has 0 saturated carbocycles. The number of sulfonamides is 1. The molecule has 0 saturated heterocycles. The molecule has 0 aliphatic carbocycles. The van der Waals surface area contributed by atoms with Crippen LogP contribution < -0.4 is 10.0 Å². The average molecular weight is 490 g/mol. The summed E-state index contributed by atoms with van der Waals surface area (Å²) in [6.45, 7) is 6.28. The fourth-order valence-electron chi connectivity index (χ4n) is 3.57. The summed E-state index contributed by atoms with van der Waals surface area (Å²) in [7, 11) is -3.78. The van der Waals surface area contributed by atoms with E-state index in [1.807, 2.05) is 54.8 Å². The number of rotatable bonds is 14. The lowest BCUT2D eigenvalue weighted by atomic mass is 10.0. The number of hydrogen-bond donors (Lipinski definition) is 2. The zero-order valence-electron chi connectivity index (χ0n) is 19.6. The average Bonchev–Trinajstić information content (AvgIpc) is 2.84. The molecule has 2 atom stereocenters. The van der Waals surface area contributed by atoms with Crippen molar-refractivity contribution in [3.8, 4) is 0 Å². The number of hydrogen-bond acceptors (Lipinski definition) is 5. The maximum absolute atomic E-state index is 13.0. The summed E-state index contributed by atoms with van der Waals surface area (Å²) >= 11 is 1.58. The molecule has 0 radical (unpaired) electrons. The van der Waals surface area contributed by atoms with Crippen LogP contribution in [0.2, 0.25) is 0 Å². The van der Waals surface area contributed by atoms with Gasteiger partial charge in [-0.1, -0.05) is 74.5 Å². The molecule has 2 aromatic carbocycles. The Morgan fingerprint density at radius 2 is 1.64 bits per heavy atom. The van der Waals surface area contributed by atoms with E-state index in [2.05, 4.69) is 40.9 Å². The third kappa shape index (κ3) is 9.33. The minimum Gasteiger partial charge on any atom is -0.353 e. The van der Waals surface area contributed by atoms with E-state index in [-0.39, 0.29) is 11.9 Å². The van der Waals surface area contributed by atoms with Crippen molar-refractivity contribution in [2.24, 2.45) is 0 Å². The Morgan fingerprint density at radius 1 is 1.03 bits per heavy atom. The molecule has 33 heavy (non-hydrogen) atoms. The molecule has 0 fully saturated rings. The second-order valence-corrected chi connectivity index (χ2v) is 10.2. The van der Waals surface area contributed by atoms with E-state index in [0.29, 0.717) is 18.7 Å². The molecule has 0 heterocycles. The maximum Gasteiger partial charge on any atom is 0.238 e. The third-order valence-corrected chi connectivity index (χ3v) is 7.13. The fourth-order valence-corrected chi connectivity index (χ4v) is 5.07. The van der Waals surface area contributed by atoms with Crippen LogP contribution in [0.4, 0.5) is 0 Å². The highest BCUT2D eigenvalue weighted by atomic mass is 32.2. The van der Waals surface area contributed by atoms with Gasteiger partial charge in [0.05, 0.1) is 6.04 Å². The summed E-state index contributed by atoms with van der Waals surface area (Å²) in [6.07, 6.45) is 3.87. The summed E-state index contributed by atoms with van der Waals surface area (Å²) in [4.78, 5) is 15.3. The van der Waals surface area contributed by atoms with Crippen molar-refractivity contribution in [3.05, 3.63) is 77.2 Å². The molecule has 1 amide bonds. The molecule has 0 aliphatic rings. The second kappa shape index (κ2) is 14.2. The zero-order chi connectivity index (χ0) is 24.1. The van der Waals surface area contributed by atoms with Crippen molar-refractivity contribution in [1.29, 1.82) is 0 Å². The Kier molecular flexibility index (Phi) is 11.7. The van der Waals surface area contributed by atoms with Gasteiger partial charge in [0.2, 0.25) is 15.9 Å². The lowest BCUT2D eigenvalue weighted by molar-refractivity contribution is -0.123. The topological polar surface area (TPSA) is 78.5 Å². The van der Waals surface area contributed by atoms with Crippen molar-refractivity contribution >= 4 is 33.8 Å².